The van der Waals surface area contributed by atoms with Crippen molar-refractivity contribution in [3.63, 3.8) is 0 Å². The Morgan fingerprint density at radius 1 is 1.43 bits per heavy atom. The number of anilines is 1. The van der Waals surface area contributed by atoms with Gasteiger partial charge >= 0.3 is 0 Å². The summed E-state index contributed by atoms with van der Waals surface area (Å²) in [6.07, 6.45) is 1.56. The van der Waals surface area contributed by atoms with Gasteiger partial charge in [0.2, 0.25) is 5.13 Å². The van der Waals surface area contributed by atoms with Crippen LogP contribution in [0.25, 0.3) is 15.3 Å². The Morgan fingerprint density at radius 2 is 2.24 bits per heavy atom. The van der Waals surface area contributed by atoms with Crippen molar-refractivity contribution in [3.8, 4) is 17.0 Å². The van der Waals surface area contributed by atoms with Crippen molar-refractivity contribution in [1.29, 1.82) is 5.26 Å². The average molecular weight is 299 g/mol. The third kappa shape index (κ3) is 2.41. The molecule has 1 aromatic carbocycles. The van der Waals surface area contributed by atoms with Gasteiger partial charge in [-0.25, -0.2) is 4.98 Å². The van der Waals surface area contributed by atoms with Crippen LogP contribution in [0.1, 0.15) is 19.4 Å². The van der Waals surface area contributed by atoms with Crippen LogP contribution in [0.15, 0.2) is 24.4 Å². The minimum Gasteiger partial charge on any atom is -0.491 e. The van der Waals surface area contributed by atoms with Crippen LogP contribution < -0.4 is 10.5 Å². The van der Waals surface area contributed by atoms with Gasteiger partial charge in [0.25, 0.3) is 0 Å². The molecule has 0 aliphatic carbocycles. The van der Waals surface area contributed by atoms with Crippen molar-refractivity contribution in [2.24, 2.45) is 0 Å². The van der Waals surface area contributed by atoms with Crippen LogP contribution in [0.3, 0.4) is 0 Å². The van der Waals surface area contributed by atoms with E-state index in [4.69, 9.17) is 15.7 Å². The first-order valence-corrected chi connectivity index (χ1v) is 7.21. The number of ether oxygens (including phenoxy) is 1. The number of fused-ring (bicyclic) bond motifs is 1. The van der Waals surface area contributed by atoms with Crippen LogP contribution in [-0.2, 0) is 0 Å². The quantitative estimate of drug-likeness (QED) is 0.803. The maximum Gasteiger partial charge on any atom is 0.213 e. The third-order valence-electron chi connectivity index (χ3n) is 2.83. The van der Waals surface area contributed by atoms with Gasteiger partial charge in [-0.1, -0.05) is 11.3 Å². The molecule has 2 aromatic heterocycles. The van der Waals surface area contributed by atoms with Crippen LogP contribution in [0.2, 0.25) is 0 Å². The van der Waals surface area contributed by atoms with Crippen LogP contribution in [0, 0.1) is 11.3 Å². The van der Waals surface area contributed by atoms with E-state index in [-0.39, 0.29) is 6.10 Å². The number of benzene rings is 1. The molecule has 3 rings (SSSR count). The number of hydrogen-bond acceptors (Lipinski definition) is 6. The molecule has 106 valence electrons. The zero-order valence-electron chi connectivity index (χ0n) is 11.6. The molecule has 2 N–H and O–H groups in total. The zero-order valence-corrected chi connectivity index (χ0v) is 12.4. The first-order valence-electron chi connectivity index (χ1n) is 6.39. The van der Waals surface area contributed by atoms with Crippen LogP contribution >= 0.6 is 11.3 Å². The Kier molecular flexibility index (Phi) is 3.23. The standard InChI is InChI=1S/C14H13N5OS/c1-8(2)20-10-3-4-11-12(5-10)21-14(18-11)19-13(16)9(6-15)7-17-19/h3-5,7-8H,16H2,1-2H3. The lowest BCUT2D eigenvalue weighted by atomic mass is 10.3. The molecule has 3 aromatic rings. The van der Waals surface area contributed by atoms with Crippen molar-refractivity contribution in [1.82, 2.24) is 14.8 Å². The highest BCUT2D eigenvalue weighted by Gasteiger charge is 2.13. The fourth-order valence-corrected chi connectivity index (χ4v) is 2.89. The SMILES string of the molecule is CC(C)Oc1ccc2nc(-n3ncc(C#N)c3N)sc2c1. The van der Waals surface area contributed by atoms with Gasteiger partial charge in [-0.3, -0.25) is 0 Å². The van der Waals surface area contributed by atoms with E-state index in [0.29, 0.717) is 16.5 Å². The second kappa shape index (κ2) is 5.07. The zero-order chi connectivity index (χ0) is 15.0. The molecule has 0 saturated carbocycles. The maximum atomic E-state index is 8.92. The van der Waals surface area contributed by atoms with Gasteiger partial charge in [0.1, 0.15) is 23.2 Å². The number of hydrogen-bond donors (Lipinski definition) is 1. The summed E-state index contributed by atoms with van der Waals surface area (Å²) in [4.78, 5) is 4.49. The Morgan fingerprint density at radius 3 is 2.90 bits per heavy atom. The first kappa shape index (κ1) is 13.4. The summed E-state index contributed by atoms with van der Waals surface area (Å²) in [5, 5.41) is 13.7. The lowest BCUT2D eigenvalue weighted by Crippen LogP contribution is -2.04. The molecular formula is C14H13N5OS. The van der Waals surface area contributed by atoms with Gasteiger partial charge in [-0.2, -0.15) is 15.0 Å². The van der Waals surface area contributed by atoms with Crippen molar-refractivity contribution in [2.45, 2.75) is 20.0 Å². The van der Waals surface area contributed by atoms with E-state index in [2.05, 4.69) is 10.1 Å². The molecule has 0 spiro atoms. The first-order chi connectivity index (χ1) is 10.1. The largest absolute Gasteiger partial charge is 0.491 e. The fourth-order valence-electron chi connectivity index (χ4n) is 1.93. The Hall–Kier alpha value is -2.59. The van der Waals surface area contributed by atoms with Crippen LogP contribution in [-0.4, -0.2) is 20.9 Å². The molecular weight excluding hydrogens is 286 g/mol. The Balaban J connectivity index is 2.04. The molecule has 7 heteroatoms. The van der Waals surface area contributed by atoms with Gasteiger partial charge in [0.15, 0.2) is 0 Å². The summed E-state index contributed by atoms with van der Waals surface area (Å²) in [6.45, 7) is 3.96. The molecule has 0 amide bonds. The fraction of sp³-hybridized carbons (Fsp3) is 0.214. The normalized spacial score (nSPS) is 11.0. The number of thiazole rings is 1. The van der Waals surface area contributed by atoms with Crippen molar-refractivity contribution in [2.75, 3.05) is 5.73 Å². The summed E-state index contributed by atoms with van der Waals surface area (Å²) in [6, 6.07) is 7.73. The van der Waals surface area contributed by atoms with Gasteiger partial charge < -0.3 is 10.5 Å². The molecule has 0 radical (unpaired) electrons. The topological polar surface area (TPSA) is 89.8 Å². The molecule has 0 aliphatic heterocycles. The highest BCUT2D eigenvalue weighted by atomic mass is 32.1. The summed E-state index contributed by atoms with van der Waals surface area (Å²) in [5.74, 6) is 1.11. The number of rotatable bonds is 3. The summed E-state index contributed by atoms with van der Waals surface area (Å²) < 4.78 is 8.13. The van der Waals surface area contributed by atoms with Crippen LogP contribution in [0.5, 0.6) is 5.75 Å². The van der Waals surface area contributed by atoms with E-state index in [1.165, 1.54) is 22.2 Å². The van der Waals surface area contributed by atoms with E-state index in [0.717, 1.165) is 16.0 Å². The van der Waals surface area contributed by atoms with Gasteiger partial charge in [-0.05, 0) is 32.0 Å². The Labute approximate surface area is 125 Å². The Bertz CT molecular complexity index is 843. The molecule has 0 saturated heterocycles. The predicted octanol–water partition coefficient (Wildman–Crippen LogP) is 2.72. The summed E-state index contributed by atoms with van der Waals surface area (Å²) in [7, 11) is 0. The summed E-state index contributed by atoms with van der Waals surface area (Å²) >= 11 is 1.45. The van der Waals surface area contributed by atoms with E-state index in [1.54, 1.807) is 0 Å². The van der Waals surface area contributed by atoms with Crippen LogP contribution in [0.4, 0.5) is 5.82 Å². The van der Waals surface area contributed by atoms with Crippen molar-refractivity contribution in [3.05, 3.63) is 30.0 Å². The lowest BCUT2D eigenvalue weighted by molar-refractivity contribution is 0.243. The number of nitrogens with zero attached hydrogens (tertiary/aromatic N) is 4. The lowest BCUT2D eigenvalue weighted by Gasteiger charge is -2.08. The molecule has 2 heterocycles. The second-order valence-electron chi connectivity index (χ2n) is 4.76. The highest BCUT2D eigenvalue weighted by Crippen LogP contribution is 2.30. The minimum absolute atomic E-state index is 0.120. The molecule has 21 heavy (non-hydrogen) atoms. The van der Waals surface area contributed by atoms with Gasteiger partial charge in [-0.15, -0.1) is 0 Å². The summed E-state index contributed by atoms with van der Waals surface area (Å²) in [5.41, 5.74) is 7.08. The number of aromatic nitrogens is 3. The third-order valence-corrected chi connectivity index (χ3v) is 3.82. The molecule has 0 fully saturated rings. The van der Waals surface area contributed by atoms with E-state index < -0.39 is 0 Å². The number of nitriles is 1. The highest BCUT2D eigenvalue weighted by molar-refractivity contribution is 7.20. The van der Waals surface area contributed by atoms with E-state index in [9.17, 15) is 0 Å². The average Bonchev–Trinajstić information content (AvgIpc) is 3.00. The molecule has 0 atom stereocenters. The van der Waals surface area contributed by atoms with Crippen molar-refractivity contribution < 1.29 is 4.74 Å². The second-order valence-corrected chi connectivity index (χ2v) is 5.77. The smallest absolute Gasteiger partial charge is 0.213 e. The maximum absolute atomic E-state index is 8.92. The molecule has 0 unspecified atom stereocenters. The minimum atomic E-state index is 0.120. The van der Waals surface area contributed by atoms with Crippen molar-refractivity contribution >= 4 is 27.4 Å². The molecule has 0 bridgehead atoms. The molecule has 0 aliphatic rings. The predicted molar refractivity (Wildman–Crippen MR) is 81.6 cm³/mol. The number of nitrogens with two attached hydrogens (primary N) is 1. The number of nitrogen functional groups attached to an aromatic ring is 1. The van der Waals surface area contributed by atoms with E-state index >= 15 is 0 Å². The van der Waals surface area contributed by atoms with Gasteiger partial charge in [0, 0.05) is 0 Å². The van der Waals surface area contributed by atoms with Gasteiger partial charge in [0.05, 0.1) is 22.5 Å². The monoisotopic (exact) mass is 299 g/mol. The van der Waals surface area contributed by atoms with E-state index in [1.807, 2.05) is 38.1 Å². The molecule has 6 nitrogen and oxygen atoms in total.